The maximum absolute atomic E-state index is 5.82. The molecule has 2 aromatic carbocycles. The van der Waals surface area contributed by atoms with Gasteiger partial charge in [0.2, 0.25) is 0 Å². The van der Waals surface area contributed by atoms with Crippen molar-refractivity contribution < 1.29 is 0 Å². The molecule has 1 aromatic heterocycles. The van der Waals surface area contributed by atoms with Crippen molar-refractivity contribution >= 4 is 17.1 Å². The smallest absolute Gasteiger partial charge is 0.0740 e. The van der Waals surface area contributed by atoms with Crippen molar-refractivity contribution in [2.24, 2.45) is 4.99 Å². The molecule has 1 aliphatic rings. The van der Waals surface area contributed by atoms with Gasteiger partial charge in [0.25, 0.3) is 0 Å². The van der Waals surface area contributed by atoms with Crippen LogP contribution in [0.2, 0.25) is 0 Å². The Kier molecular flexibility index (Phi) is 3.71. The maximum atomic E-state index is 5.82. The highest BCUT2D eigenvalue weighted by atomic mass is 14.9. The molecule has 2 heterocycles. The van der Waals surface area contributed by atoms with Crippen LogP contribution >= 0.6 is 0 Å². The topological polar surface area (TPSA) is 63.3 Å². The number of nitrogens with zero attached hydrogens (tertiary/aromatic N) is 2. The number of hydrogen-bond donors (Lipinski definition) is 2. The van der Waals surface area contributed by atoms with Crippen LogP contribution in [-0.4, -0.2) is 23.8 Å². The van der Waals surface area contributed by atoms with E-state index in [0.29, 0.717) is 0 Å². The molecule has 24 heavy (non-hydrogen) atoms. The summed E-state index contributed by atoms with van der Waals surface area (Å²) in [5.74, 6) is 0. The van der Waals surface area contributed by atoms with E-state index in [0.717, 1.165) is 52.4 Å². The molecule has 3 N–H and O–H groups in total. The van der Waals surface area contributed by atoms with Crippen LogP contribution in [0.4, 0.5) is 11.4 Å². The summed E-state index contributed by atoms with van der Waals surface area (Å²) in [6, 6.07) is 18.4. The Morgan fingerprint density at radius 1 is 0.833 bits per heavy atom. The number of pyridine rings is 1. The first-order chi connectivity index (χ1) is 11.8. The minimum atomic E-state index is 0.749. The molecule has 0 bridgehead atoms. The minimum Gasteiger partial charge on any atom is -0.399 e. The van der Waals surface area contributed by atoms with Crippen molar-refractivity contribution in [1.29, 1.82) is 0 Å². The van der Waals surface area contributed by atoms with Crippen molar-refractivity contribution in [2.45, 2.75) is 0 Å². The number of benzene rings is 2. The molecule has 0 fully saturated rings. The van der Waals surface area contributed by atoms with Gasteiger partial charge >= 0.3 is 0 Å². The Bertz CT molecular complexity index is 883. The molecule has 1 aliphatic heterocycles. The van der Waals surface area contributed by atoms with Gasteiger partial charge in [0, 0.05) is 41.4 Å². The molecule has 4 rings (SSSR count). The summed E-state index contributed by atoms with van der Waals surface area (Å²) in [6.07, 6.45) is 3.63. The Morgan fingerprint density at radius 3 is 2.38 bits per heavy atom. The van der Waals surface area contributed by atoms with Crippen molar-refractivity contribution in [3.05, 3.63) is 78.1 Å². The monoisotopic (exact) mass is 314 g/mol. The Hall–Kier alpha value is -3.14. The zero-order chi connectivity index (χ0) is 16.4. The Labute approximate surface area is 141 Å². The highest BCUT2D eigenvalue weighted by Crippen LogP contribution is 2.28. The van der Waals surface area contributed by atoms with E-state index in [1.165, 1.54) is 0 Å². The number of fused-ring (bicyclic) bond motifs is 1. The number of aromatic nitrogens is 1. The number of nitrogens with one attached hydrogen (secondary N) is 1. The van der Waals surface area contributed by atoms with E-state index in [2.05, 4.69) is 28.5 Å². The van der Waals surface area contributed by atoms with Gasteiger partial charge in [-0.1, -0.05) is 18.2 Å². The van der Waals surface area contributed by atoms with Gasteiger partial charge in [-0.05, 0) is 47.5 Å². The molecule has 4 nitrogen and oxygen atoms in total. The average molecular weight is 314 g/mol. The maximum Gasteiger partial charge on any atom is 0.0740 e. The summed E-state index contributed by atoms with van der Waals surface area (Å²) in [6.45, 7) is 1.58. The predicted octanol–water partition coefficient (Wildman–Crippen LogP) is 3.59. The third-order valence-electron chi connectivity index (χ3n) is 4.17. The lowest BCUT2D eigenvalue weighted by molar-refractivity contribution is 1.04. The van der Waals surface area contributed by atoms with Gasteiger partial charge in [-0.25, -0.2) is 0 Å². The van der Waals surface area contributed by atoms with Gasteiger partial charge in [-0.2, -0.15) is 0 Å². The van der Waals surface area contributed by atoms with Crippen LogP contribution < -0.4 is 11.1 Å². The van der Waals surface area contributed by atoms with E-state index in [9.17, 15) is 0 Å². The molecule has 0 aliphatic carbocycles. The fourth-order valence-electron chi connectivity index (χ4n) is 2.95. The minimum absolute atomic E-state index is 0.749. The van der Waals surface area contributed by atoms with Crippen molar-refractivity contribution in [2.75, 3.05) is 24.1 Å². The second-order valence-electron chi connectivity index (χ2n) is 5.78. The number of hydrogen-bond acceptors (Lipinski definition) is 4. The number of anilines is 2. The lowest BCUT2D eigenvalue weighted by Crippen LogP contribution is -2.06. The van der Waals surface area contributed by atoms with E-state index in [1.807, 2.05) is 48.8 Å². The quantitative estimate of drug-likeness (QED) is 0.711. The van der Waals surface area contributed by atoms with Crippen LogP contribution in [-0.2, 0) is 0 Å². The molecular weight excluding hydrogens is 296 g/mol. The Morgan fingerprint density at radius 2 is 1.58 bits per heavy atom. The van der Waals surface area contributed by atoms with Gasteiger partial charge in [0.1, 0.15) is 0 Å². The summed E-state index contributed by atoms with van der Waals surface area (Å²) < 4.78 is 0. The fraction of sp³-hybridized carbons (Fsp3) is 0.100. The van der Waals surface area contributed by atoms with E-state index in [4.69, 9.17) is 10.7 Å². The van der Waals surface area contributed by atoms with Gasteiger partial charge in [0.15, 0.2) is 0 Å². The SMILES string of the molecule is Nc1ccc(C2=NCCNc3ccc(-c4ccncc4)cc32)cc1. The van der Waals surface area contributed by atoms with Crippen LogP contribution in [0.5, 0.6) is 0 Å². The second kappa shape index (κ2) is 6.16. The summed E-state index contributed by atoms with van der Waals surface area (Å²) in [7, 11) is 0. The van der Waals surface area contributed by atoms with Crippen LogP contribution in [0.15, 0.2) is 72.0 Å². The summed E-state index contributed by atoms with van der Waals surface area (Å²) in [5.41, 5.74) is 13.2. The molecule has 0 saturated carbocycles. The molecule has 0 unspecified atom stereocenters. The molecule has 0 saturated heterocycles. The number of aliphatic imine (C=N–C) groups is 1. The third kappa shape index (κ3) is 2.74. The second-order valence-corrected chi connectivity index (χ2v) is 5.78. The molecule has 0 atom stereocenters. The first-order valence-electron chi connectivity index (χ1n) is 8.00. The van der Waals surface area contributed by atoms with Crippen LogP contribution in [0, 0.1) is 0 Å². The van der Waals surface area contributed by atoms with Crippen molar-refractivity contribution in [1.82, 2.24) is 4.98 Å². The van der Waals surface area contributed by atoms with Gasteiger partial charge in [-0.15, -0.1) is 0 Å². The number of rotatable bonds is 2. The summed E-state index contributed by atoms with van der Waals surface area (Å²) >= 11 is 0. The van der Waals surface area contributed by atoms with Crippen LogP contribution in [0.25, 0.3) is 11.1 Å². The van der Waals surface area contributed by atoms with E-state index < -0.39 is 0 Å². The number of nitrogen functional groups attached to an aromatic ring is 1. The van der Waals surface area contributed by atoms with E-state index in [1.54, 1.807) is 0 Å². The number of benzodiazepines with no additional fused rings is 1. The molecule has 118 valence electrons. The van der Waals surface area contributed by atoms with Crippen molar-refractivity contribution in [3.63, 3.8) is 0 Å². The highest BCUT2D eigenvalue weighted by molar-refractivity contribution is 6.16. The predicted molar refractivity (Wildman–Crippen MR) is 99.5 cm³/mol. The first kappa shape index (κ1) is 14.5. The molecule has 0 amide bonds. The normalized spacial score (nSPS) is 13.4. The van der Waals surface area contributed by atoms with Crippen molar-refractivity contribution in [3.8, 4) is 11.1 Å². The lowest BCUT2D eigenvalue weighted by atomic mass is 9.96. The van der Waals surface area contributed by atoms with Crippen LogP contribution in [0.1, 0.15) is 11.1 Å². The van der Waals surface area contributed by atoms with Crippen LogP contribution in [0.3, 0.4) is 0 Å². The van der Waals surface area contributed by atoms with Gasteiger partial charge in [-0.3, -0.25) is 9.98 Å². The van der Waals surface area contributed by atoms with Gasteiger partial charge in [0.05, 0.1) is 12.3 Å². The summed E-state index contributed by atoms with van der Waals surface area (Å²) in [4.78, 5) is 8.90. The third-order valence-corrected chi connectivity index (χ3v) is 4.17. The first-order valence-corrected chi connectivity index (χ1v) is 8.00. The summed E-state index contributed by atoms with van der Waals surface area (Å²) in [5, 5.41) is 3.46. The fourth-order valence-corrected chi connectivity index (χ4v) is 2.95. The molecule has 0 spiro atoms. The molecule has 0 radical (unpaired) electrons. The molecular formula is C20H18N4. The van der Waals surface area contributed by atoms with E-state index in [-0.39, 0.29) is 0 Å². The molecule has 4 heteroatoms. The lowest BCUT2D eigenvalue weighted by Gasteiger charge is -2.13. The molecule has 3 aromatic rings. The number of nitrogens with two attached hydrogens (primary N) is 1. The standard InChI is InChI=1S/C20H18N4/c21-17-4-1-15(2-5-17)20-18-13-16(14-7-9-22-10-8-14)3-6-19(18)23-11-12-24-20/h1-10,13,23H,11-12,21H2. The average Bonchev–Trinajstić information content (AvgIpc) is 2.85. The highest BCUT2D eigenvalue weighted by Gasteiger charge is 2.15. The van der Waals surface area contributed by atoms with E-state index >= 15 is 0 Å². The Balaban J connectivity index is 1.84. The van der Waals surface area contributed by atoms with Gasteiger partial charge < -0.3 is 11.1 Å². The largest absolute Gasteiger partial charge is 0.399 e. The zero-order valence-corrected chi connectivity index (χ0v) is 13.2. The zero-order valence-electron chi connectivity index (χ0n) is 13.2.